The summed E-state index contributed by atoms with van der Waals surface area (Å²) in [5.41, 5.74) is 6.83. The topological polar surface area (TPSA) is 29.3 Å². The summed E-state index contributed by atoms with van der Waals surface area (Å²) >= 11 is 12.1. The third kappa shape index (κ3) is 2.13. The van der Waals surface area contributed by atoms with Crippen LogP contribution in [0.3, 0.4) is 0 Å². The second-order valence-corrected chi connectivity index (χ2v) is 4.82. The third-order valence-electron chi connectivity index (χ3n) is 2.92. The number of hydrogen-bond donors (Lipinski definition) is 1. The predicted molar refractivity (Wildman–Crippen MR) is 64.4 cm³/mol. The Morgan fingerprint density at radius 3 is 2.67 bits per heavy atom. The Kier molecular flexibility index (Phi) is 3.21. The first-order valence-electron chi connectivity index (χ1n) is 5.03. The first-order chi connectivity index (χ1) is 7.09. The van der Waals surface area contributed by atoms with E-state index in [2.05, 4.69) is 11.8 Å². The fraction of sp³-hybridized carbons (Fsp3) is 0.455. The molecule has 0 amide bonds. The molecule has 2 rings (SSSR count). The van der Waals surface area contributed by atoms with Gasteiger partial charge in [-0.25, -0.2) is 0 Å². The quantitative estimate of drug-likeness (QED) is 0.867. The molecule has 4 heteroatoms. The Hall–Kier alpha value is -0.280. The Labute approximate surface area is 100.0 Å². The molecule has 2 N–H and O–H groups in total. The highest BCUT2D eigenvalue weighted by molar-refractivity contribution is 6.42. The smallest absolute Gasteiger partial charge is 0.0640 e. The van der Waals surface area contributed by atoms with Gasteiger partial charge in [-0.15, -0.1) is 0 Å². The van der Waals surface area contributed by atoms with Gasteiger partial charge < -0.3 is 5.73 Å². The molecule has 0 saturated carbocycles. The van der Waals surface area contributed by atoms with Crippen molar-refractivity contribution in [3.63, 3.8) is 0 Å². The number of nitrogens with zero attached hydrogens (tertiary/aromatic N) is 1. The van der Waals surface area contributed by atoms with Gasteiger partial charge in [0.15, 0.2) is 0 Å². The summed E-state index contributed by atoms with van der Waals surface area (Å²) in [6.07, 6.45) is 0. The standard InChI is InChI=1S/C11H14Cl2N2/c1-7(15-5-8(14)6-15)9-3-2-4-10(12)11(9)13/h2-4,7-8H,5-6,14H2,1H3. The van der Waals surface area contributed by atoms with E-state index in [0.717, 1.165) is 18.7 Å². The van der Waals surface area contributed by atoms with Gasteiger partial charge in [0.05, 0.1) is 10.0 Å². The lowest BCUT2D eigenvalue weighted by Crippen LogP contribution is -2.56. The van der Waals surface area contributed by atoms with Crippen molar-refractivity contribution in [2.45, 2.75) is 19.0 Å². The summed E-state index contributed by atoms with van der Waals surface area (Å²) < 4.78 is 0. The molecule has 0 aromatic heterocycles. The van der Waals surface area contributed by atoms with Crippen molar-refractivity contribution >= 4 is 23.2 Å². The molecule has 1 atom stereocenters. The fourth-order valence-corrected chi connectivity index (χ4v) is 2.37. The minimum absolute atomic E-state index is 0.288. The van der Waals surface area contributed by atoms with Crippen molar-refractivity contribution in [3.8, 4) is 0 Å². The summed E-state index contributed by atoms with van der Waals surface area (Å²) in [7, 11) is 0. The summed E-state index contributed by atoms with van der Waals surface area (Å²) in [4.78, 5) is 2.29. The van der Waals surface area contributed by atoms with E-state index in [9.17, 15) is 0 Å². The molecule has 1 unspecified atom stereocenters. The Morgan fingerprint density at radius 2 is 2.07 bits per heavy atom. The lowest BCUT2D eigenvalue weighted by molar-refractivity contribution is 0.103. The number of benzene rings is 1. The van der Waals surface area contributed by atoms with E-state index in [1.807, 2.05) is 18.2 Å². The van der Waals surface area contributed by atoms with Crippen LogP contribution in [0.15, 0.2) is 18.2 Å². The molecule has 0 aliphatic carbocycles. The van der Waals surface area contributed by atoms with Crippen molar-refractivity contribution in [1.82, 2.24) is 4.90 Å². The predicted octanol–water partition coefficient (Wildman–Crippen LogP) is 2.70. The minimum Gasteiger partial charge on any atom is -0.325 e. The first-order valence-corrected chi connectivity index (χ1v) is 5.78. The second-order valence-electron chi connectivity index (χ2n) is 4.03. The maximum Gasteiger partial charge on any atom is 0.0640 e. The maximum atomic E-state index is 6.16. The summed E-state index contributed by atoms with van der Waals surface area (Å²) in [6, 6.07) is 6.35. The maximum absolute atomic E-state index is 6.16. The van der Waals surface area contributed by atoms with Crippen LogP contribution in [0.1, 0.15) is 18.5 Å². The monoisotopic (exact) mass is 244 g/mol. The molecular weight excluding hydrogens is 231 g/mol. The zero-order valence-electron chi connectivity index (χ0n) is 8.58. The fourth-order valence-electron chi connectivity index (χ4n) is 1.91. The van der Waals surface area contributed by atoms with E-state index >= 15 is 0 Å². The normalized spacial score (nSPS) is 20.0. The van der Waals surface area contributed by atoms with Crippen LogP contribution in [0.4, 0.5) is 0 Å². The first kappa shape index (κ1) is 11.2. The van der Waals surface area contributed by atoms with Crippen molar-refractivity contribution in [2.75, 3.05) is 13.1 Å². The van der Waals surface area contributed by atoms with Crippen molar-refractivity contribution < 1.29 is 0 Å². The number of rotatable bonds is 2. The van der Waals surface area contributed by atoms with E-state index in [1.165, 1.54) is 0 Å². The lowest BCUT2D eigenvalue weighted by atomic mass is 10.0. The van der Waals surface area contributed by atoms with E-state index < -0.39 is 0 Å². The molecule has 1 aliphatic heterocycles. The molecule has 1 heterocycles. The van der Waals surface area contributed by atoms with Crippen molar-refractivity contribution in [3.05, 3.63) is 33.8 Å². The minimum atomic E-state index is 0.288. The summed E-state index contributed by atoms with van der Waals surface area (Å²) in [5.74, 6) is 0. The van der Waals surface area contributed by atoms with Gasteiger partial charge >= 0.3 is 0 Å². The molecule has 1 aromatic carbocycles. The molecule has 1 saturated heterocycles. The van der Waals surface area contributed by atoms with Gasteiger partial charge in [-0.1, -0.05) is 35.3 Å². The molecule has 1 aliphatic rings. The van der Waals surface area contributed by atoms with Crippen LogP contribution in [-0.4, -0.2) is 24.0 Å². The van der Waals surface area contributed by atoms with Gasteiger partial charge in [0.2, 0.25) is 0 Å². The van der Waals surface area contributed by atoms with Crippen LogP contribution in [0.25, 0.3) is 0 Å². The van der Waals surface area contributed by atoms with Crippen molar-refractivity contribution in [1.29, 1.82) is 0 Å². The zero-order valence-corrected chi connectivity index (χ0v) is 10.1. The molecule has 0 radical (unpaired) electrons. The van der Waals surface area contributed by atoms with Gasteiger partial charge in [-0.3, -0.25) is 4.90 Å². The van der Waals surface area contributed by atoms with Crippen LogP contribution >= 0.6 is 23.2 Å². The van der Waals surface area contributed by atoms with E-state index in [0.29, 0.717) is 16.1 Å². The lowest BCUT2D eigenvalue weighted by Gasteiger charge is -2.41. The largest absolute Gasteiger partial charge is 0.325 e. The van der Waals surface area contributed by atoms with Crippen LogP contribution in [-0.2, 0) is 0 Å². The SMILES string of the molecule is CC(c1cccc(Cl)c1Cl)N1CC(N)C1. The highest BCUT2D eigenvalue weighted by Crippen LogP contribution is 2.33. The molecule has 0 bridgehead atoms. The van der Waals surface area contributed by atoms with E-state index in [4.69, 9.17) is 28.9 Å². The molecule has 0 spiro atoms. The van der Waals surface area contributed by atoms with E-state index in [-0.39, 0.29) is 6.04 Å². The van der Waals surface area contributed by atoms with Gasteiger partial charge in [0.25, 0.3) is 0 Å². The zero-order chi connectivity index (χ0) is 11.0. The summed E-state index contributed by atoms with van der Waals surface area (Å²) in [6.45, 7) is 4.00. The molecule has 15 heavy (non-hydrogen) atoms. The number of likely N-dealkylation sites (tertiary alicyclic amines) is 1. The van der Waals surface area contributed by atoms with E-state index in [1.54, 1.807) is 0 Å². The molecular formula is C11H14Cl2N2. The molecule has 82 valence electrons. The number of nitrogens with two attached hydrogens (primary N) is 1. The van der Waals surface area contributed by atoms with Gasteiger partial charge in [0, 0.05) is 25.2 Å². The van der Waals surface area contributed by atoms with Gasteiger partial charge in [-0.05, 0) is 18.6 Å². The third-order valence-corrected chi connectivity index (χ3v) is 3.75. The highest BCUT2D eigenvalue weighted by atomic mass is 35.5. The number of hydrogen-bond acceptors (Lipinski definition) is 2. The van der Waals surface area contributed by atoms with Crippen LogP contribution < -0.4 is 5.73 Å². The van der Waals surface area contributed by atoms with Crippen LogP contribution in [0.2, 0.25) is 10.0 Å². The molecule has 1 aromatic rings. The van der Waals surface area contributed by atoms with Crippen molar-refractivity contribution in [2.24, 2.45) is 5.73 Å². The van der Waals surface area contributed by atoms with Gasteiger partial charge in [-0.2, -0.15) is 0 Å². The van der Waals surface area contributed by atoms with Gasteiger partial charge in [0.1, 0.15) is 0 Å². The average Bonchev–Trinajstić information content (AvgIpc) is 2.16. The number of halogens is 2. The molecule has 2 nitrogen and oxygen atoms in total. The Morgan fingerprint density at radius 1 is 1.40 bits per heavy atom. The van der Waals surface area contributed by atoms with Crippen LogP contribution in [0.5, 0.6) is 0 Å². The summed E-state index contributed by atoms with van der Waals surface area (Å²) in [5, 5.41) is 1.28. The average molecular weight is 245 g/mol. The Balaban J connectivity index is 2.18. The Bertz CT molecular complexity index is 362. The highest BCUT2D eigenvalue weighted by Gasteiger charge is 2.29. The van der Waals surface area contributed by atoms with Crippen LogP contribution in [0, 0.1) is 0 Å². The molecule has 1 fully saturated rings. The second kappa shape index (κ2) is 4.30.